The smallest absolute Gasteiger partial charge is 0.335 e. The van der Waals surface area contributed by atoms with Crippen molar-refractivity contribution in [3.05, 3.63) is 30.3 Å². The maximum atomic E-state index is 10.9. The molecule has 19 heavy (non-hydrogen) atoms. The lowest BCUT2D eigenvalue weighted by molar-refractivity contribution is -0.209. The second kappa shape index (κ2) is 5.89. The third-order valence-electron chi connectivity index (χ3n) is 2.81. The minimum atomic E-state index is -1.65. The number of aliphatic hydroxyl groups excluding tert-OH is 3. The van der Waals surface area contributed by atoms with Gasteiger partial charge in [0.05, 0.1) is 0 Å². The van der Waals surface area contributed by atoms with Gasteiger partial charge in [-0.3, -0.25) is 0 Å². The number of ether oxygens (including phenoxy) is 1. The lowest BCUT2D eigenvalue weighted by Gasteiger charge is -2.38. The molecule has 6 nitrogen and oxygen atoms in total. The van der Waals surface area contributed by atoms with E-state index < -0.39 is 35.8 Å². The van der Waals surface area contributed by atoms with E-state index in [4.69, 9.17) is 9.84 Å². The van der Waals surface area contributed by atoms with E-state index in [-0.39, 0.29) is 0 Å². The fourth-order valence-corrected chi connectivity index (χ4v) is 2.84. The maximum absolute atomic E-state index is 10.9. The minimum Gasteiger partial charge on any atom is -0.479 e. The molecule has 0 amide bonds. The van der Waals surface area contributed by atoms with E-state index in [0.717, 1.165) is 16.7 Å². The van der Waals surface area contributed by atoms with E-state index in [0.29, 0.717) is 0 Å². The van der Waals surface area contributed by atoms with Crippen LogP contribution in [-0.4, -0.2) is 56.2 Å². The summed E-state index contributed by atoms with van der Waals surface area (Å²) in [4.78, 5) is 11.7. The average Bonchev–Trinajstić information content (AvgIpc) is 2.40. The van der Waals surface area contributed by atoms with Crippen LogP contribution in [0.15, 0.2) is 35.2 Å². The molecule has 0 aromatic heterocycles. The van der Waals surface area contributed by atoms with Gasteiger partial charge in [0.25, 0.3) is 0 Å². The van der Waals surface area contributed by atoms with E-state index in [1.807, 2.05) is 6.07 Å². The predicted octanol–water partition coefficient (Wildman–Crippen LogP) is -0.329. The van der Waals surface area contributed by atoms with E-state index in [2.05, 4.69) is 0 Å². The Bertz CT molecular complexity index is 439. The number of carboxylic acids is 1. The standard InChI is InChI=1S/C12H14O6S/c13-7-8(14)10(11(16)17)18-12(9(7)15)19-6-4-2-1-3-5-6/h1-5,7-10,12-15H,(H,16,17)/t7-,8+,9-,10?,12+/m1/s1. The SMILES string of the molecule is O=C(O)C1O[C@@H](Sc2ccccc2)[C@H](O)[C@H](O)[C@@H]1O. The molecule has 5 atom stereocenters. The fourth-order valence-electron chi connectivity index (χ4n) is 1.78. The lowest BCUT2D eigenvalue weighted by atomic mass is 10.0. The Hall–Kier alpha value is -1.12. The molecule has 2 rings (SSSR count). The van der Waals surface area contributed by atoms with Crippen LogP contribution in [-0.2, 0) is 9.53 Å². The van der Waals surface area contributed by atoms with Crippen LogP contribution in [0.4, 0.5) is 0 Å². The third-order valence-corrected chi connectivity index (χ3v) is 3.98. The van der Waals surface area contributed by atoms with Gasteiger partial charge in [0, 0.05) is 4.90 Å². The molecule has 0 aliphatic carbocycles. The van der Waals surface area contributed by atoms with Crippen molar-refractivity contribution in [2.24, 2.45) is 0 Å². The van der Waals surface area contributed by atoms with Crippen LogP contribution in [0, 0.1) is 0 Å². The summed E-state index contributed by atoms with van der Waals surface area (Å²) in [6, 6.07) is 8.94. The zero-order valence-corrected chi connectivity index (χ0v) is 10.6. The van der Waals surface area contributed by atoms with Crippen LogP contribution in [0.25, 0.3) is 0 Å². The largest absolute Gasteiger partial charge is 0.479 e. The molecule has 1 heterocycles. The number of rotatable bonds is 3. The van der Waals surface area contributed by atoms with Gasteiger partial charge in [-0.05, 0) is 12.1 Å². The van der Waals surface area contributed by atoms with Crippen molar-refractivity contribution in [3.63, 3.8) is 0 Å². The normalized spacial score (nSPS) is 35.0. The van der Waals surface area contributed by atoms with Gasteiger partial charge in [-0.1, -0.05) is 30.0 Å². The first-order chi connectivity index (χ1) is 9.00. The van der Waals surface area contributed by atoms with E-state index >= 15 is 0 Å². The first-order valence-corrected chi connectivity index (χ1v) is 6.53. The number of hydrogen-bond donors (Lipinski definition) is 4. The molecule has 0 radical (unpaired) electrons. The summed E-state index contributed by atoms with van der Waals surface area (Å²) < 4.78 is 5.15. The molecule has 104 valence electrons. The molecule has 1 aromatic carbocycles. The zero-order valence-electron chi connectivity index (χ0n) is 9.79. The molecule has 1 aliphatic rings. The molecular weight excluding hydrogens is 272 g/mol. The van der Waals surface area contributed by atoms with Gasteiger partial charge in [0.15, 0.2) is 6.10 Å². The summed E-state index contributed by atoms with van der Waals surface area (Å²) in [5.41, 5.74) is -0.957. The van der Waals surface area contributed by atoms with Crippen LogP contribution < -0.4 is 0 Å². The number of aliphatic carboxylic acids is 1. The second-order valence-corrected chi connectivity index (χ2v) is 5.34. The monoisotopic (exact) mass is 286 g/mol. The van der Waals surface area contributed by atoms with Gasteiger partial charge in [0.1, 0.15) is 23.7 Å². The molecule has 1 unspecified atom stereocenters. The Balaban J connectivity index is 2.13. The first kappa shape index (κ1) is 14.3. The van der Waals surface area contributed by atoms with Gasteiger partial charge in [-0.15, -0.1) is 0 Å². The van der Waals surface area contributed by atoms with Crippen molar-refractivity contribution in [2.75, 3.05) is 0 Å². The number of hydrogen-bond acceptors (Lipinski definition) is 6. The second-order valence-electron chi connectivity index (χ2n) is 4.17. The Kier molecular flexibility index (Phi) is 4.43. The Morgan fingerprint density at radius 3 is 2.26 bits per heavy atom. The van der Waals surface area contributed by atoms with E-state index in [1.165, 1.54) is 0 Å². The van der Waals surface area contributed by atoms with Gasteiger partial charge >= 0.3 is 5.97 Å². The topological polar surface area (TPSA) is 107 Å². The Morgan fingerprint density at radius 1 is 1.05 bits per heavy atom. The molecule has 0 saturated carbocycles. The zero-order chi connectivity index (χ0) is 14.0. The highest BCUT2D eigenvalue weighted by molar-refractivity contribution is 7.99. The van der Waals surface area contributed by atoms with Crippen molar-refractivity contribution in [3.8, 4) is 0 Å². The summed E-state index contributed by atoms with van der Waals surface area (Å²) in [6.07, 6.45) is -6.13. The summed E-state index contributed by atoms with van der Waals surface area (Å²) in [5.74, 6) is -1.38. The summed E-state index contributed by atoms with van der Waals surface area (Å²) >= 11 is 1.09. The predicted molar refractivity (Wildman–Crippen MR) is 66.6 cm³/mol. The molecule has 1 aromatic rings. The van der Waals surface area contributed by atoms with Crippen LogP contribution in [0.2, 0.25) is 0 Å². The van der Waals surface area contributed by atoms with Gasteiger partial charge in [-0.2, -0.15) is 0 Å². The summed E-state index contributed by atoms with van der Waals surface area (Å²) in [7, 11) is 0. The average molecular weight is 286 g/mol. The van der Waals surface area contributed by atoms with Crippen LogP contribution in [0.1, 0.15) is 0 Å². The van der Waals surface area contributed by atoms with Crippen LogP contribution in [0.5, 0.6) is 0 Å². The van der Waals surface area contributed by atoms with Crippen molar-refractivity contribution in [1.29, 1.82) is 0 Å². The van der Waals surface area contributed by atoms with Gasteiger partial charge in [-0.25, -0.2) is 4.79 Å². The molecule has 1 aliphatic heterocycles. The van der Waals surface area contributed by atoms with E-state index in [1.54, 1.807) is 24.3 Å². The number of aliphatic hydroxyl groups is 3. The number of carboxylic acid groups (broad SMARTS) is 1. The van der Waals surface area contributed by atoms with Crippen LogP contribution in [0.3, 0.4) is 0 Å². The molecule has 1 saturated heterocycles. The highest BCUT2D eigenvalue weighted by Crippen LogP contribution is 2.33. The van der Waals surface area contributed by atoms with Crippen molar-refractivity contribution >= 4 is 17.7 Å². The molecule has 1 fully saturated rings. The van der Waals surface area contributed by atoms with Crippen molar-refractivity contribution < 1.29 is 30.0 Å². The minimum absolute atomic E-state index is 0.763. The number of thioether (sulfide) groups is 1. The first-order valence-electron chi connectivity index (χ1n) is 5.65. The maximum Gasteiger partial charge on any atom is 0.335 e. The van der Waals surface area contributed by atoms with Crippen molar-refractivity contribution in [2.45, 2.75) is 34.7 Å². The highest BCUT2D eigenvalue weighted by Gasteiger charge is 2.47. The molecule has 4 N–H and O–H groups in total. The number of carbonyl (C=O) groups is 1. The molecule has 7 heteroatoms. The van der Waals surface area contributed by atoms with Crippen LogP contribution >= 0.6 is 11.8 Å². The summed E-state index contributed by atoms with van der Waals surface area (Å²) in [5, 5.41) is 37.9. The summed E-state index contributed by atoms with van der Waals surface area (Å²) in [6.45, 7) is 0. The van der Waals surface area contributed by atoms with Gasteiger partial charge < -0.3 is 25.2 Å². The fraction of sp³-hybridized carbons (Fsp3) is 0.417. The lowest BCUT2D eigenvalue weighted by Crippen LogP contribution is -2.58. The van der Waals surface area contributed by atoms with Crippen molar-refractivity contribution in [1.82, 2.24) is 0 Å². The van der Waals surface area contributed by atoms with E-state index in [9.17, 15) is 20.1 Å². The molecule has 0 bridgehead atoms. The molecular formula is C12H14O6S. The molecule has 0 spiro atoms. The highest BCUT2D eigenvalue weighted by atomic mass is 32.2. The third kappa shape index (κ3) is 3.07. The van der Waals surface area contributed by atoms with Gasteiger partial charge in [0.2, 0.25) is 0 Å². The quantitative estimate of drug-likeness (QED) is 0.602. The number of benzene rings is 1. The Labute approximate surface area is 113 Å². The Morgan fingerprint density at radius 2 is 1.68 bits per heavy atom.